The first-order valence-corrected chi connectivity index (χ1v) is 6.36. The van der Waals surface area contributed by atoms with Crippen molar-refractivity contribution in [3.8, 4) is 5.75 Å². The molecule has 1 amide bonds. The quantitative estimate of drug-likeness (QED) is 0.864. The second-order valence-electron chi connectivity index (χ2n) is 5.72. The molecule has 0 radical (unpaired) electrons. The van der Waals surface area contributed by atoms with Crippen LogP contribution in [0.3, 0.4) is 0 Å². The Hall–Kier alpha value is -2.04. The molecular formula is C15H21NO4. The smallest absolute Gasteiger partial charge is 0.410 e. The minimum absolute atomic E-state index is 0.0898. The van der Waals surface area contributed by atoms with Gasteiger partial charge < -0.3 is 14.6 Å². The lowest BCUT2D eigenvalue weighted by molar-refractivity contribution is -0.112. The van der Waals surface area contributed by atoms with E-state index in [1.807, 2.05) is 0 Å². The molecule has 0 heterocycles. The van der Waals surface area contributed by atoms with Crippen LogP contribution in [0.5, 0.6) is 5.75 Å². The van der Waals surface area contributed by atoms with Crippen LogP contribution in [-0.4, -0.2) is 35.0 Å². The van der Waals surface area contributed by atoms with Crippen molar-refractivity contribution in [1.29, 1.82) is 0 Å². The maximum atomic E-state index is 12.0. The third-order valence-corrected chi connectivity index (χ3v) is 2.80. The summed E-state index contributed by atoms with van der Waals surface area (Å²) in [7, 11) is 1.49. The maximum absolute atomic E-state index is 12.0. The number of aldehydes is 1. The van der Waals surface area contributed by atoms with Crippen LogP contribution < -0.4 is 0 Å². The topological polar surface area (TPSA) is 66.8 Å². The SMILES string of the molecule is Cc1ccc(C(C=O)N(C)C(=O)OC(C)(C)C)cc1O. The van der Waals surface area contributed by atoms with Crippen molar-refractivity contribution < 1.29 is 19.4 Å². The summed E-state index contributed by atoms with van der Waals surface area (Å²) in [5, 5.41) is 9.70. The van der Waals surface area contributed by atoms with Gasteiger partial charge in [-0.3, -0.25) is 4.90 Å². The normalized spacial score (nSPS) is 12.7. The number of rotatable bonds is 3. The molecule has 20 heavy (non-hydrogen) atoms. The molecule has 0 spiro atoms. The van der Waals surface area contributed by atoms with Gasteiger partial charge in [0.1, 0.15) is 23.7 Å². The molecule has 1 aromatic rings. The van der Waals surface area contributed by atoms with Crippen molar-refractivity contribution in [2.75, 3.05) is 7.05 Å². The van der Waals surface area contributed by atoms with Crippen LogP contribution in [0.1, 0.15) is 37.9 Å². The van der Waals surface area contributed by atoms with E-state index in [4.69, 9.17) is 4.74 Å². The van der Waals surface area contributed by atoms with E-state index in [1.54, 1.807) is 39.8 Å². The van der Waals surface area contributed by atoms with Crippen LogP contribution in [0.4, 0.5) is 4.79 Å². The van der Waals surface area contributed by atoms with Crippen LogP contribution in [0.15, 0.2) is 18.2 Å². The Kier molecular flexibility index (Phi) is 4.76. The fourth-order valence-electron chi connectivity index (χ4n) is 1.65. The van der Waals surface area contributed by atoms with Crippen molar-refractivity contribution in [3.63, 3.8) is 0 Å². The first-order valence-electron chi connectivity index (χ1n) is 6.36. The third kappa shape index (κ3) is 3.98. The number of hydrogen-bond acceptors (Lipinski definition) is 4. The van der Waals surface area contributed by atoms with E-state index in [9.17, 15) is 14.7 Å². The van der Waals surface area contributed by atoms with E-state index in [-0.39, 0.29) is 5.75 Å². The van der Waals surface area contributed by atoms with Crippen LogP contribution in [0.2, 0.25) is 0 Å². The Morgan fingerprint density at radius 1 is 1.40 bits per heavy atom. The zero-order chi connectivity index (χ0) is 15.5. The van der Waals surface area contributed by atoms with Crippen molar-refractivity contribution in [3.05, 3.63) is 29.3 Å². The molecule has 0 saturated heterocycles. The molecule has 0 bridgehead atoms. The number of hydrogen-bond donors (Lipinski definition) is 1. The zero-order valence-electron chi connectivity index (χ0n) is 12.5. The van der Waals surface area contributed by atoms with E-state index in [0.717, 1.165) is 0 Å². The fraction of sp³-hybridized carbons (Fsp3) is 0.467. The highest BCUT2D eigenvalue weighted by atomic mass is 16.6. The predicted molar refractivity (Wildman–Crippen MR) is 75.6 cm³/mol. The molecule has 0 aromatic heterocycles. The fourth-order valence-corrected chi connectivity index (χ4v) is 1.65. The Labute approximate surface area is 119 Å². The summed E-state index contributed by atoms with van der Waals surface area (Å²) in [6.45, 7) is 7.03. The highest BCUT2D eigenvalue weighted by Crippen LogP contribution is 2.25. The van der Waals surface area contributed by atoms with Gasteiger partial charge in [0.25, 0.3) is 0 Å². The monoisotopic (exact) mass is 279 g/mol. The molecular weight excluding hydrogens is 258 g/mol. The van der Waals surface area contributed by atoms with Gasteiger partial charge in [-0.2, -0.15) is 0 Å². The van der Waals surface area contributed by atoms with Gasteiger partial charge in [-0.15, -0.1) is 0 Å². The van der Waals surface area contributed by atoms with Gasteiger partial charge in [-0.25, -0.2) is 4.79 Å². The lowest BCUT2D eigenvalue weighted by Gasteiger charge is -2.28. The average Bonchev–Trinajstić information content (AvgIpc) is 2.32. The van der Waals surface area contributed by atoms with Gasteiger partial charge in [-0.05, 0) is 44.9 Å². The summed E-state index contributed by atoms with van der Waals surface area (Å²) < 4.78 is 5.22. The molecule has 5 nitrogen and oxygen atoms in total. The second kappa shape index (κ2) is 5.94. The first kappa shape index (κ1) is 16.0. The average molecular weight is 279 g/mol. The molecule has 0 fully saturated rings. The molecule has 110 valence electrons. The number of likely N-dealkylation sites (N-methyl/N-ethyl adjacent to an activating group) is 1. The van der Waals surface area contributed by atoms with Gasteiger partial charge in [0.2, 0.25) is 0 Å². The van der Waals surface area contributed by atoms with Gasteiger partial charge in [0.15, 0.2) is 0 Å². The minimum Gasteiger partial charge on any atom is -0.508 e. The summed E-state index contributed by atoms with van der Waals surface area (Å²) in [4.78, 5) is 24.5. The molecule has 1 rings (SSSR count). The number of aromatic hydroxyl groups is 1. The van der Waals surface area contributed by atoms with Crippen LogP contribution >= 0.6 is 0 Å². The molecule has 0 saturated carbocycles. The number of carbonyl (C=O) groups excluding carboxylic acids is 2. The number of nitrogens with zero attached hydrogens (tertiary/aromatic N) is 1. The molecule has 1 unspecified atom stereocenters. The van der Waals surface area contributed by atoms with Crippen LogP contribution in [-0.2, 0) is 9.53 Å². The molecule has 0 aliphatic heterocycles. The third-order valence-electron chi connectivity index (χ3n) is 2.80. The molecule has 1 aromatic carbocycles. The Balaban J connectivity index is 2.97. The number of carbonyl (C=O) groups is 2. The Morgan fingerprint density at radius 2 is 2.00 bits per heavy atom. The van der Waals surface area contributed by atoms with E-state index >= 15 is 0 Å². The summed E-state index contributed by atoms with van der Waals surface area (Å²) in [6, 6.07) is 4.09. The van der Waals surface area contributed by atoms with E-state index in [0.29, 0.717) is 17.4 Å². The zero-order valence-corrected chi connectivity index (χ0v) is 12.5. The molecule has 0 aliphatic rings. The largest absolute Gasteiger partial charge is 0.508 e. The lowest BCUT2D eigenvalue weighted by atomic mass is 10.0. The number of ether oxygens (including phenoxy) is 1. The van der Waals surface area contributed by atoms with Gasteiger partial charge in [-0.1, -0.05) is 12.1 Å². The van der Waals surface area contributed by atoms with Crippen molar-refractivity contribution >= 4 is 12.4 Å². The first-order chi connectivity index (χ1) is 9.15. The molecule has 5 heteroatoms. The lowest BCUT2D eigenvalue weighted by Crippen LogP contribution is -2.37. The Bertz CT molecular complexity index is 505. The Morgan fingerprint density at radius 3 is 2.45 bits per heavy atom. The van der Waals surface area contributed by atoms with Crippen LogP contribution in [0, 0.1) is 6.92 Å². The second-order valence-corrected chi connectivity index (χ2v) is 5.72. The van der Waals surface area contributed by atoms with Crippen molar-refractivity contribution in [2.45, 2.75) is 39.3 Å². The minimum atomic E-state index is -0.795. The van der Waals surface area contributed by atoms with Crippen molar-refractivity contribution in [2.24, 2.45) is 0 Å². The molecule has 0 aliphatic carbocycles. The van der Waals surface area contributed by atoms with E-state index < -0.39 is 17.7 Å². The highest BCUT2D eigenvalue weighted by Gasteiger charge is 2.26. The van der Waals surface area contributed by atoms with Crippen molar-refractivity contribution in [1.82, 2.24) is 4.90 Å². The van der Waals surface area contributed by atoms with Gasteiger partial charge >= 0.3 is 6.09 Å². The number of phenols is 1. The summed E-state index contributed by atoms with van der Waals surface area (Å²) in [5.41, 5.74) is 0.614. The molecule has 1 N–H and O–H groups in total. The standard InChI is InChI=1S/C15H21NO4/c1-10-6-7-11(8-13(10)18)12(9-17)16(5)14(19)20-15(2,3)4/h6-9,12,18H,1-5H3. The summed E-state index contributed by atoms with van der Waals surface area (Å²) >= 11 is 0. The van der Waals surface area contributed by atoms with E-state index in [2.05, 4.69) is 0 Å². The van der Waals surface area contributed by atoms with Crippen LogP contribution in [0.25, 0.3) is 0 Å². The number of aryl methyl sites for hydroxylation is 1. The van der Waals surface area contributed by atoms with Gasteiger partial charge in [0.05, 0.1) is 0 Å². The summed E-state index contributed by atoms with van der Waals surface area (Å²) in [5.74, 6) is 0.0898. The predicted octanol–water partition coefficient (Wildman–Crippen LogP) is 2.81. The number of benzene rings is 1. The highest BCUT2D eigenvalue weighted by molar-refractivity contribution is 5.74. The maximum Gasteiger partial charge on any atom is 0.410 e. The van der Waals surface area contributed by atoms with Gasteiger partial charge in [0, 0.05) is 7.05 Å². The number of phenolic OH excluding ortho intramolecular Hbond substituents is 1. The molecule has 1 atom stereocenters. The number of amides is 1. The summed E-state index contributed by atoms with van der Waals surface area (Å²) in [6.07, 6.45) is 0.0586. The van der Waals surface area contributed by atoms with E-state index in [1.165, 1.54) is 18.0 Å².